The quantitative estimate of drug-likeness (QED) is 0.428. The molecule has 0 bridgehead atoms. The van der Waals surface area contributed by atoms with E-state index >= 15 is 0 Å². The first-order valence-corrected chi connectivity index (χ1v) is 7.53. The van der Waals surface area contributed by atoms with Crippen LogP contribution in [0.4, 0.5) is 0 Å². The Morgan fingerprint density at radius 2 is 2.24 bits per heavy atom. The van der Waals surface area contributed by atoms with Crippen LogP contribution in [-0.4, -0.2) is 51.5 Å². The van der Waals surface area contributed by atoms with E-state index in [0.717, 1.165) is 25.7 Å². The monoisotopic (exact) mass is 295 g/mol. The lowest BCUT2D eigenvalue weighted by Gasteiger charge is -2.48. The predicted molar refractivity (Wildman–Crippen MR) is 71.8 cm³/mol. The van der Waals surface area contributed by atoms with Gasteiger partial charge in [-0.15, -0.1) is 0 Å². The summed E-state index contributed by atoms with van der Waals surface area (Å²) in [5.74, 6) is -0.709. The van der Waals surface area contributed by atoms with Gasteiger partial charge in [-0.2, -0.15) is 0 Å². The number of hydrogen-bond acceptors (Lipinski definition) is 4. The SMILES string of the molecule is NC(=O)[C@@H]1CCC23CCCC2C[C@H](CN(O)C=O)C(=O)N13. The number of nitrogens with zero attached hydrogens (tertiary/aromatic N) is 2. The summed E-state index contributed by atoms with van der Waals surface area (Å²) in [6, 6.07) is -0.538. The van der Waals surface area contributed by atoms with Crippen LogP contribution in [0.5, 0.6) is 0 Å². The van der Waals surface area contributed by atoms with Crippen molar-refractivity contribution in [1.29, 1.82) is 0 Å². The first kappa shape index (κ1) is 14.3. The number of carbonyl (C=O) groups is 3. The van der Waals surface area contributed by atoms with Gasteiger partial charge in [-0.25, -0.2) is 5.06 Å². The van der Waals surface area contributed by atoms with Crippen molar-refractivity contribution in [2.45, 2.75) is 50.1 Å². The molecule has 3 fully saturated rings. The molecule has 4 atom stereocenters. The third kappa shape index (κ3) is 2.02. The highest BCUT2D eigenvalue weighted by Crippen LogP contribution is 2.54. The molecule has 3 aliphatic rings. The molecule has 3 rings (SSSR count). The maximum absolute atomic E-state index is 12.8. The maximum atomic E-state index is 12.8. The van der Waals surface area contributed by atoms with E-state index in [-0.39, 0.29) is 18.0 Å². The van der Waals surface area contributed by atoms with Crippen LogP contribution in [-0.2, 0) is 14.4 Å². The van der Waals surface area contributed by atoms with Crippen LogP contribution in [0.3, 0.4) is 0 Å². The van der Waals surface area contributed by atoms with Gasteiger partial charge in [-0.3, -0.25) is 19.6 Å². The summed E-state index contributed by atoms with van der Waals surface area (Å²) in [5.41, 5.74) is 5.26. The van der Waals surface area contributed by atoms with E-state index in [4.69, 9.17) is 5.73 Å². The zero-order chi connectivity index (χ0) is 15.2. The zero-order valence-electron chi connectivity index (χ0n) is 11.9. The fourth-order valence-electron chi connectivity index (χ4n) is 4.76. The Balaban J connectivity index is 1.90. The average Bonchev–Trinajstić information content (AvgIpc) is 3.03. The van der Waals surface area contributed by atoms with Gasteiger partial charge >= 0.3 is 0 Å². The molecule has 1 aliphatic carbocycles. The van der Waals surface area contributed by atoms with Gasteiger partial charge in [0.2, 0.25) is 18.2 Å². The smallest absolute Gasteiger partial charge is 0.240 e. The molecule has 1 spiro atoms. The Kier molecular flexibility index (Phi) is 3.39. The molecule has 2 heterocycles. The second kappa shape index (κ2) is 4.98. The van der Waals surface area contributed by atoms with Gasteiger partial charge in [-0.1, -0.05) is 6.42 Å². The molecule has 2 aliphatic heterocycles. The van der Waals surface area contributed by atoms with Crippen molar-refractivity contribution in [3.8, 4) is 0 Å². The Bertz CT molecular complexity index is 483. The molecule has 21 heavy (non-hydrogen) atoms. The molecule has 7 nitrogen and oxygen atoms in total. The first-order valence-electron chi connectivity index (χ1n) is 7.53. The molecule has 116 valence electrons. The first-order chi connectivity index (χ1) is 9.99. The van der Waals surface area contributed by atoms with E-state index in [1.54, 1.807) is 4.90 Å². The molecule has 2 saturated heterocycles. The molecule has 2 unspecified atom stereocenters. The molecule has 3 amide bonds. The number of hydroxylamine groups is 2. The van der Waals surface area contributed by atoms with Crippen LogP contribution < -0.4 is 5.73 Å². The maximum Gasteiger partial charge on any atom is 0.240 e. The molecule has 1 saturated carbocycles. The Hall–Kier alpha value is -1.63. The van der Waals surface area contributed by atoms with Crippen LogP contribution in [0.2, 0.25) is 0 Å². The van der Waals surface area contributed by atoms with Crippen molar-refractivity contribution in [2.75, 3.05) is 6.54 Å². The number of primary amides is 1. The van der Waals surface area contributed by atoms with E-state index in [0.29, 0.717) is 30.2 Å². The van der Waals surface area contributed by atoms with Crippen LogP contribution in [0.25, 0.3) is 0 Å². The van der Waals surface area contributed by atoms with Crippen molar-refractivity contribution in [2.24, 2.45) is 17.6 Å². The molecule has 0 aromatic rings. The highest BCUT2D eigenvalue weighted by atomic mass is 16.5. The van der Waals surface area contributed by atoms with Gasteiger partial charge in [0.15, 0.2) is 0 Å². The van der Waals surface area contributed by atoms with Gasteiger partial charge in [0, 0.05) is 5.54 Å². The van der Waals surface area contributed by atoms with Crippen LogP contribution in [0.15, 0.2) is 0 Å². The summed E-state index contributed by atoms with van der Waals surface area (Å²) in [6.45, 7) is -0.0170. The summed E-state index contributed by atoms with van der Waals surface area (Å²) in [6.07, 6.45) is 5.43. The Labute approximate surface area is 123 Å². The third-order valence-corrected chi connectivity index (χ3v) is 5.58. The number of carbonyl (C=O) groups excluding carboxylic acids is 3. The average molecular weight is 295 g/mol. The standard InChI is InChI=1S/C14H21N3O4/c15-12(19)11-3-5-14-4-1-2-10(14)6-9(7-16(21)8-18)13(20)17(11)14/h8-11,21H,1-7H2,(H2,15,19)/t9-,10?,11+,14?/m1/s1. The number of rotatable bonds is 4. The largest absolute Gasteiger partial charge is 0.368 e. The molecular formula is C14H21N3O4. The lowest BCUT2D eigenvalue weighted by atomic mass is 9.74. The molecule has 3 N–H and O–H groups in total. The number of amides is 3. The second-order valence-corrected chi connectivity index (χ2v) is 6.52. The summed E-state index contributed by atoms with van der Waals surface area (Å²) in [4.78, 5) is 36.8. The zero-order valence-corrected chi connectivity index (χ0v) is 11.9. The van der Waals surface area contributed by atoms with Crippen molar-refractivity contribution < 1.29 is 19.6 Å². The van der Waals surface area contributed by atoms with Gasteiger partial charge in [0.05, 0.1) is 12.5 Å². The van der Waals surface area contributed by atoms with Crippen molar-refractivity contribution in [3.63, 3.8) is 0 Å². The fraction of sp³-hybridized carbons (Fsp3) is 0.786. The predicted octanol–water partition coefficient (Wildman–Crippen LogP) is -0.131. The highest BCUT2D eigenvalue weighted by molar-refractivity contribution is 5.90. The normalized spacial score (nSPS) is 38.0. The van der Waals surface area contributed by atoms with Crippen LogP contribution >= 0.6 is 0 Å². The van der Waals surface area contributed by atoms with Crippen molar-refractivity contribution >= 4 is 18.2 Å². The second-order valence-electron chi connectivity index (χ2n) is 6.52. The van der Waals surface area contributed by atoms with E-state index < -0.39 is 17.9 Å². The molecule has 0 aromatic heterocycles. The van der Waals surface area contributed by atoms with Gasteiger partial charge in [-0.05, 0) is 38.0 Å². The topological polar surface area (TPSA) is 104 Å². The van der Waals surface area contributed by atoms with E-state index in [2.05, 4.69) is 0 Å². The fourth-order valence-corrected chi connectivity index (χ4v) is 4.76. The molecular weight excluding hydrogens is 274 g/mol. The van der Waals surface area contributed by atoms with Gasteiger partial charge < -0.3 is 10.6 Å². The minimum atomic E-state index is -0.538. The van der Waals surface area contributed by atoms with E-state index in [9.17, 15) is 19.6 Å². The molecule has 0 aromatic carbocycles. The number of hydrogen-bond donors (Lipinski definition) is 2. The molecule has 7 heteroatoms. The van der Waals surface area contributed by atoms with Gasteiger partial charge in [0.25, 0.3) is 0 Å². The van der Waals surface area contributed by atoms with E-state index in [1.165, 1.54) is 0 Å². The lowest BCUT2D eigenvalue weighted by molar-refractivity contribution is -0.166. The van der Waals surface area contributed by atoms with Gasteiger partial charge in [0.1, 0.15) is 6.04 Å². The van der Waals surface area contributed by atoms with Crippen LogP contribution in [0.1, 0.15) is 38.5 Å². The summed E-state index contributed by atoms with van der Waals surface area (Å²) >= 11 is 0. The lowest BCUT2D eigenvalue weighted by Crippen LogP contribution is -2.62. The Morgan fingerprint density at radius 3 is 2.90 bits per heavy atom. The van der Waals surface area contributed by atoms with Crippen molar-refractivity contribution in [1.82, 2.24) is 9.96 Å². The Morgan fingerprint density at radius 1 is 1.48 bits per heavy atom. The van der Waals surface area contributed by atoms with Crippen molar-refractivity contribution in [3.05, 3.63) is 0 Å². The summed E-state index contributed by atoms with van der Waals surface area (Å²) < 4.78 is 0. The molecule has 0 radical (unpaired) electrons. The minimum Gasteiger partial charge on any atom is -0.368 e. The van der Waals surface area contributed by atoms with Crippen LogP contribution in [0, 0.1) is 11.8 Å². The highest BCUT2D eigenvalue weighted by Gasteiger charge is 2.60. The van der Waals surface area contributed by atoms with E-state index in [1.807, 2.05) is 0 Å². The third-order valence-electron chi connectivity index (χ3n) is 5.58. The minimum absolute atomic E-state index is 0.0170. The summed E-state index contributed by atoms with van der Waals surface area (Å²) in [5, 5.41) is 9.90. The number of piperidine rings is 1. The number of nitrogens with two attached hydrogens (primary N) is 1. The summed E-state index contributed by atoms with van der Waals surface area (Å²) in [7, 11) is 0.